The van der Waals surface area contributed by atoms with Crippen LogP contribution in [0.1, 0.15) is 68.2 Å². The normalized spacial score (nSPS) is 13.5. The molecule has 21 heavy (non-hydrogen) atoms. The third-order valence-electron chi connectivity index (χ3n) is 2.81. The summed E-state index contributed by atoms with van der Waals surface area (Å²) in [6, 6.07) is 0. The third kappa shape index (κ3) is 11.5. The van der Waals surface area contributed by atoms with Crippen molar-refractivity contribution in [2.45, 2.75) is 86.2 Å². The van der Waals surface area contributed by atoms with Crippen LogP contribution in [0.15, 0.2) is 35.5 Å². The lowest BCUT2D eigenvalue weighted by Gasteiger charge is -2.30. The zero-order chi connectivity index (χ0) is 16.5. The van der Waals surface area contributed by atoms with Gasteiger partial charge in [0.2, 0.25) is 0 Å². The van der Waals surface area contributed by atoms with Crippen LogP contribution in [-0.2, 0) is 9.47 Å². The van der Waals surface area contributed by atoms with E-state index in [1.165, 1.54) is 11.1 Å². The fraction of sp³-hybridized carbons (Fsp3) is 0.684. The van der Waals surface area contributed by atoms with Gasteiger partial charge in [0.05, 0.1) is 12.2 Å². The molecule has 0 aliphatic carbocycles. The van der Waals surface area contributed by atoms with Crippen molar-refractivity contribution in [2.24, 2.45) is 0 Å². The van der Waals surface area contributed by atoms with E-state index < -0.39 is 5.79 Å². The highest BCUT2D eigenvalue weighted by Gasteiger charge is 2.24. The van der Waals surface area contributed by atoms with Crippen molar-refractivity contribution in [1.82, 2.24) is 0 Å². The lowest BCUT2D eigenvalue weighted by molar-refractivity contribution is -0.226. The molecule has 0 saturated carbocycles. The van der Waals surface area contributed by atoms with E-state index >= 15 is 0 Å². The van der Waals surface area contributed by atoms with Crippen molar-refractivity contribution in [1.29, 1.82) is 0 Å². The molecule has 0 fully saturated rings. The van der Waals surface area contributed by atoms with Crippen LogP contribution in [0.3, 0.4) is 0 Å². The van der Waals surface area contributed by atoms with Crippen LogP contribution < -0.4 is 0 Å². The van der Waals surface area contributed by atoms with Crippen LogP contribution in [0, 0.1) is 0 Å². The predicted molar refractivity (Wildman–Crippen MR) is 92.4 cm³/mol. The van der Waals surface area contributed by atoms with E-state index in [1.807, 2.05) is 46.8 Å². The zero-order valence-corrected chi connectivity index (χ0v) is 15.2. The molecule has 0 radical (unpaired) electrons. The Bertz CT molecular complexity index is 359. The molecule has 0 aliphatic heterocycles. The fourth-order valence-electron chi connectivity index (χ4n) is 2.10. The van der Waals surface area contributed by atoms with Crippen LogP contribution in [-0.4, -0.2) is 18.0 Å². The number of hydrogen-bond acceptors (Lipinski definition) is 2. The highest BCUT2D eigenvalue weighted by Crippen LogP contribution is 2.20. The molecule has 2 nitrogen and oxygen atoms in total. The monoisotopic (exact) mass is 294 g/mol. The van der Waals surface area contributed by atoms with E-state index in [-0.39, 0.29) is 12.2 Å². The van der Waals surface area contributed by atoms with E-state index in [0.717, 1.165) is 12.8 Å². The minimum Gasteiger partial charge on any atom is -0.344 e. The highest BCUT2D eigenvalue weighted by molar-refractivity contribution is 5.13. The summed E-state index contributed by atoms with van der Waals surface area (Å²) >= 11 is 0. The fourth-order valence-corrected chi connectivity index (χ4v) is 2.10. The van der Waals surface area contributed by atoms with Crippen molar-refractivity contribution in [2.75, 3.05) is 0 Å². The topological polar surface area (TPSA) is 18.5 Å². The summed E-state index contributed by atoms with van der Waals surface area (Å²) in [6.45, 7) is 16.5. The van der Waals surface area contributed by atoms with Gasteiger partial charge in [-0.05, 0) is 74.3 Å². The molecule has 0 heterocycles. The van der Waals surface area contributed by atoms with E-state index in [9.17, 15) is 0 Å². The summed E-state index contributed by atoms with van der Waals surface area (Å²) in [4.78, 5) is 0. The second-order valence-corrected chi connectivity index (χ2v) is 6.54. The second-order valence-electron chi connectivity index (χ2n) is 6.54. The molecule has 0 rings (SSSR count). The smallest absolute Gasteiger partial charge is 0.185 e. The van der Waals surface area contributed by atoms with E-state index in [0.29, 0.717) is 0 Å². The van der Waals surface area contributed by atoms with Crippen LogP contribution >= 0.6 is 0 Å². The van der Waals surface area contributed by atoms with Gasteiger partial charge in [0.15, 0.2) is 5.79 Å². The van der Waals surface area contributed by atoms with Gasteiger partial charge in [-0.2, -0.15) is 0 Å². The average Bonchev–Trinajstić information content (AvgIpc) is 2.25. The van der Waals surface area contributed by atoms with Crippen molar-refractivity contribution in [3.63, 3.8) is 0 Å². The first-order chi connectivity index (χ1) is 9.64. The largest absolute Gasteiger partial charge is 0.344 e. The molecule has 0 spiro atoms. The van der Waals surface area contributed by atoms with Gasteiger partial charge < -0.3 is 9.47 Å². The summed E-state index contributed by atoms with van der Waals surface area (Å²) in [5.74, 6) is -0.668. The van der Waals surface area contributed by atoms with Crippen molar-refractivity contribution >= 4 is 0 Å². The number of ether oxygens (including phenoxy) is 2. The minimum absolute atomic E-state index is 0.126. The van der Waals surface area contributed by atoms with Crippen molar-refractivity contribution in [3.8, 4) is 0 Å². The molecular weight excluding hydrogens is 260 g/mol. The van der Waals surface area contributed by atoms with Gasteiger partial charge >= 0.3 is 0 Å². The summed E-state index contributed by atoms with van der Waals surface area (Å²) in [5.41, 5.74) is 2.74. The average molecular weight is 294 g/mol. The molecular formula is C19H34O2. The van der Waals surface area contributed by atoms with Gasteiger partial charge in [0.25, 0.3) is 0 Å². The number of hydrogen-bond donors (Lipinski definition) is 0. The Kier molecular flexibility index (Phi) is 9.56. The Balaban J connectivity index is 4.65. The molecule has 0 aromatic rings. The summed E-state index contributed by atoms with van der Waals surface area (Å²) < 4.78 is 11.8. The minimum atomic E-state index is -0.668. The van der Waals surface area contributed by atoms with Gasteiger partial charge in [-0.1, -0.05) is 29.4 Å². The third-order valence-corrected chi connectivity index (χ3v) is 2.81. The molecule has 0 unspecified atom stereocenters. The molecule has 0 aromatic carbocycles. The van der Waals surface area contributed by atoms with Crippen LogP contribution in [0.4, 0.5) is 0 Å². The lowest BCUT2D eigenvalue weighted by atomic mass is 10.1. The molecule has 0 saturated heterocycles. The van der Waals surface area contributed by atoms with E-state index in [4.69, 9.17) is 9.47 Å². The molecule has 0 aromatic heterocycles. The Morgan fingerprint density at radius 1 is 1.00 bits per heavy atom. The maximum Gasteiger partial charge on any atom is 0.185 e. The van der Waals surface area contributed by atoms with Gasteiger partial charge in [0, 0.05) is 0 Å². The van der Waals surface area contributed by atoms with Crippen LogP contribution in [0.25, 0.3) is 0 Å². The van der Waals surface area contributed by atoms with Gasteiger partial charge in [0.1, 0.15) is 0 Å². The summed E-state index contributed by atoms with van der Waals surface area (Å²) in [6.07, 6.45) is 10.9. The summed E-state index contributed by atoms with van der Waals surface area (Å²) in [7, 11) is 0. The second kappa shape index (κ2) is 9.97. The Hall–Kier alpha value is -0.860. The van der Waals surface area contributed by atoms with Gasteiger partial charge in [-0.15, -0.1) is 0 Å². The first kappa shape index (κ1) is 20.1. The Morgan fingerprint density at radius 3 is 1.95 bits per heavy atom. The first-order valence-electron chi connectivity index (χ1n) is 7.98. The van der Waals surface area contributed by atoms with Crippen molar-refractivity contribution < 1.29 is 9.47 Å². The molecule has 0 bridgehead atoms. The SMILES string of the molecule is CC(C)=CCCC(C)=CC=CC(C)(OC(C)C)OC(C)C. The first-order valence-corrected chi connectivity index (χ1v) is 7.98. The van der Waals surface area contributed by atoms with Gasteiger partial charge in [-0.3, -0.25) is 0 Å². The lowest BCUT2D eigenvalue weighted by Crippen LogP contribution is -2.35. The predicted octanol–water partition coefficient (Wildman–Crippen LogP) is 5.80. The van der Waals surface area contributed by atoms with E-state index in [1.54, 1.807) is 0 Å². The maximum absolute atomic E-state index is 5.90. The molecule has 0 N–H and O–H groups in total. The zero-order valence-electron chi connectivity index (χ0n) is 15.2. The molecule has 122 valence electrons. The van der Waals surface area contributed by atoms with Crippen LogP contribution in [0.5, 0.6) is 0 Å². The molecule has 0 atom stereocenters. The molecule has 0 amide bonds. The number of rotatable bonds is 9. The summed E-state index contributed by atoms with van der Waals surface area (Å²) in [5, 5.41) is 0. The van der Waals surface area contributed by atoms with Gasteiger partial charge in [-0.25, -0.2) is 0 Å². The van der Waals surface area contributed by atoms with E-state index in [2.05, 4.69) is 32.9 Å². The van der Waals surface area contributed by atoms with Crippen LogP contribution in [0.2, 0.25) is 0 Å². The Morgan fingerprint density at radius 2 is 1.52 bits per heavy atom. The molecule has 0 aliphatic rings. The molecule has 2 heteroatoms. The maximum atomic E-state index is 5.90. The Labute approximate surface area is 131 Å². The number of allylic oxidation sites excluding steroid dienone is 5. The highest BCUT2D eigenvalue weighted by atomic mass is 16.7. The quantitative estimate of drug-likeness (QED) is 0.304. The standard InChI is InChI=1S/C19H34O2/c1-15(2)11-9-12-18(7)13-10-14-19(8,20-16(3)4)21-17(5)6/h10-11,13-14,16-17H,9,12H2,1-8H3. The van der Waals surface area contributed by atoms with Crippen molar-refractivity contribution in [3.05, 3.63) is 35.5 Å².